The van der Waals surface area contributed by atoms with Crippen molar-refractivity contribution >= 4 is 5.91 Å². The maximum atomic E-state index is 12.9. The number of rotatable bonds is 7. The van der Waals surface area contributed by atoms with Crippen molar-refractivity contribution in [3.05, 3.63) is 53.3 Å². The van der Waals surface area contributed by atoms with Crippen LogP contribution in [0.1, 0.15) is 30.7 Å². The molecule has 0 saturated carbocycles. The normalized spacial score (nSPS) is 18.7. The van der Waals surface area contributed by atoms with Gasteiger partial charge in [0.2, 0.25) is 5.91 Å². The molecular formula is C22H32N4O2. The Morgan fingerprint density at radius 2 is 1.96 bits per heavy atom. The minimum absolute atomic E-state index is 0.0117. The monoisotopic (exact) mass is 384 g/mol. The summed E-state index contributed by atoms with van der Waals surface area (Å²) in [7, 11) is 1.93. The highest BCUT2D eigenvalue weighted by Gasteiger charge is 2.29. The minimum atomic E-state index is -0.0117. The molecule has 0 aliphatic carbocycles. The zero-order valence-corrected chi connectivity index (χ0v) is 17.5. The number of carbonyl (C=O) groups excluding carboxylic acids is 1. The Labute approximate surface area is 168 Å². The van der Waals surface area contributed by atoms with Crippen molar-refractivity contribution in [2.45, 2.75) is 40.0 Å². The molecule has 152 valence electrons. The van der Waals surface area contributed by atoms with E-state index >= 15 is 0 Å². The molecule has 6 heteroatoms. The fraction of sp³-hybridized carbons (Fsp3) is 0.545. The lowest BCUT2D eigenvalue weighted by Gasteiger charge is -2.26. The topological polar surface area (TPSA) is 50.6 Å². The van der Waals surface area contributed by atoms with E-state index < -0.39 is 0 Å². The molecule has 1 fully saturated rings. The highest BCUT2D eigenvalue weighted by molar-refractivity contribution is 5.78. The van der Waals surface area contributed by atoms with Crippen molar-refractivity contribution in [2.24, 2.45) is 13.0 Å². The number of ether oxygens (including phenoxy) is 1. The number of carbonyl (C=O) groups is 1. The van der Waals surface area contributed by atoms with Gasteiger partial charge in [-0.05, 0) is 18.4 Å². The molecular weight excluding hydrogens is 352 g/mol. The molecule has 1 aromatic heterocycles. The van der Waals surface area contributed by atoms with Crippen LogP contribution in [0.4, 0.5) is 0 Å². The fourth-order valence-corrected chi connectivity index (χ4v) is 3.73. The smallest absolute Gasteiger partial charge is 0.236 e. The second-order valence-electron chi connectivity index (χ2n) is 8.19. The maximum absolute atomic E-state index is 12.9. The average Bonchev–Trinajstić information content (AvgIpc) is 2.87. The molecule has 1 unspecified atom stereocenters. The number of benzene rings is 1. The van der Waals surface area contributed by atoms with E-state index in [2.05, 4.69) is 36.0 Å². The van der Waals surface area contributed by atoms with E-state index in [1.54, 1.807) is 0 Å². The summed E-state index contributed by atoms with van der Waals surface area (Å²) < 4.78 is 8.09. The van der Waals surface area contributed by atoms with Crippen LogP contribution in [0.5, 0.6) is 0 Å². The molecule has 0 spiro atoms. The summed E-state index contributed by atoms with van der Waals surface area (Å²) >= 11 is 0. The van der Waals surface area contributed by atoms with Crippen molar-refractivity contribution in [3.8, 4) is 0 Å². The fourth-order valence-electron chi connectivity index (χ4n) is 3.73. The maximum Gasteiger partial charge on any atom is 0.236 e. The number of aromatic nitrogens is 2. The average molecular weight is 385 g/mol. The molecule has 6 nitrogen and oxygen atoms in total. The Bertz CT molecular complexity index is 772. The van der Waals surface area contributed by atoms with Crippen LogP contribution in [0.25, 0.3) is 0 Å². The number of hydrogen-bond acceptors (Lipinski definition) is 4. The van der Waals surface area contributed by atoms with Crippen LogP contribution in [0, 0.1) is 12.8 Å². The molecule has 2 heterocycles. The molecule has 1 aliphatic rings. The Balaban J connectivity index is 1.71. The summed E-state index contributed by atoms with van der Waals surface area (Å²) in [5.74, 6) is 0.617. The van der Waals surface area contributed by atoms with Gasteiger partial charge in [-0.15, -0.1) is 0 Å². The summed E-state index contributed by atoms with van der Waals surface area (Å²) in [5, 5.41) is 4.43. The van der Waals surface area contributed by atoms with Crippen molar-refractivity contribution in [3.63, 3.8) is 0 Å². The first-order valence-corrected chi connectivity index (χ1v) is 10.1. The lowest BCUT2D eigenvalue weighted by Crippen LogP contribution is -2.40. The Morgan fingerprint density at radius 3 is 2.61 bits per heavy atom. The van der Waals surface area contributed by atoms with Gasteiger partial charge in [0, 0.05) is 45.0 Å². The van der Waals surface area contributed by atoms with Crippen molar-refractivity contribution in [2.75, 3.05) is 26.2 Å². The summed E-state index contributed by atoms with van der Waals surface area (Å²) in [4.78, 5) is 17.0. The van der Waals surface area contributed by atoms with E-state index in [-0.39, 0.29) is 12.0 Å². The van der Waals surface area contributed by atoms with Crippen molar-refractivity contribution in [1.82, 2.24) is 19.6 Å². The molecule has 2 aromatic rings. The molecule has 3 rings (SSSR count). The minimum Gasteiger partial charge on any atom is -0.370 e. The number of hydrogen-bond donors (Lipinski definition) is 0. The molecule has 1 saturated heterocycles. The lowest BCUT2D eigenvalue weighted by atomic mass is 10.2. The first kappa shape index (κ1) is 20.6. The van der Waals surface area contributed by atoms with Gasteiger partial charge < -0.3 is 9.64 Å². The standard InChI is InChI=1S/C22H32N4O2/c1-17(2)10-26-14-21(28-16-19-8-6-5-7-9-19)13-25(15-22(26)27)12-20-11-24(4)23-18(20)3/h5-9,11,17,21H,10,12-16H2,1-4H3. The number of nitrogens with zero attached hydrogens (tertiary/aromatic N) is 4. The van der Waals surface area contributed by atoms with E-state index in [4.69, 9.17) is 4.74 Å². The van der Waals surface area contributed by atoms with Gasteiger partial charge in [-0.2, -0.15) is 5.10 Å². The van der Waals surface area contributed by atoms with Crippen LogP contribution < -0.4 is 0 Å². The third-order valence-corrected chi connectivity index (χ3v) is 5.02. The largest absolute Gasteiger partial charge is 0.370 e. The SMILES string of the molecule is Cc1nn(C)cc1CN1CC(=O)N(CC(C)C)CC(OCc2ccccc2)C1. The Kier molecular flexibility index (Phi) is 6.86. The highest BCUT2D eigenvalue weighted by atomic mass is 16.5. The van der Waals surface area contributed by atoms with Gasteiger partial charge in [0.15, 0.2) is 0 Å². The molecule has 1 amide bonds. The van der Waals surface area contributed by atoms with E-state index in [0.29, 0.717) is 32.2 Å². The van der Waals surface area contributed by atoms with Crippen LogP contribution in [-0.4, -0.2) is 57.8 Å². The van der Waals surface area contributed by atoms with Crippen LogP contribution in [0.15, 0.2) is 36.5 Å². The molecule has 1 aliphatic heterocycles. The van der Waals surface area contributed by atoms with Gasteiger partial charge in [0.1, 0.15) is 0 Å². The molecule has 28 heavy (non-hydrogen) atoms. The van der Waals surface area contributed by atoms with E-state index in [0.717, 1.165) is 29.9 Å². The molecule has 0 N–H and O–H groups in total. The van der Waals surface area contributed by atoms with Crippen LogP contribution in [-0.2, 0) is 29.7 Å². The first-order chi connectivity index (χ1) is 13.4. The molecule has 0 radical (unpaired) electrons. The first-order valence-electron chi connectivity index (χ1n) is 10.1. The summed E-state index contributed by atoms with van der Waals surface area (Å²) in [6, 6.07) is 10.2. The van der Waals surface area contributed by atoms with Crippen LogP contribution in [0.3, 0.4) is 0 Å². The Morgan fingerprint density at radius 1 is 1.21 bits per heavy atom. The zero-order valence-electron chi connectivity index (χ0n) is 17.5. The Hall–Kier alpha value is -2.18. The van der Waals surface area contributed by atoms with E-state index in [1.807, 2.05) is 47.9 Å². The van der Waals surface area contributed by atoms with Crippen LogP contribution >= 0.6 is 0 Å². The number of amides is 1. The molecule has 0 bridgehead atoms. The van der Waals surface area contributed by atoms with E-state index in [9.17, 15) is 4.79 Å². The third kappa shape index (κ3) is 5.66. The van der Waals surface area contributed by atoms with Gasteiger partial charge in [-0.25, -0.2) is 0 Å². The summed E-state index contributed by atoms with van der Waals surface area (Å²) in [5.41, 5.74) is 3.33. The van der Waals surface area contributed by atoms with Crippen molar-refractivity contribution < 1.29 is 9.53 Å². The van der Waals surface area contributed by atoms with Gasteiger partial charge in [-0.1, -0.05) is 44.2 Å². The van der Waals surface area contributed by atoms with Gasteiger partial charge in [0.05, 0.1) is 24.9 Å². The molecule has 1 atom stereocenters. The van der Waals surface area contributed by atoms with E-state index in [1.165, 1.54) is 0 Å². The molecule has 1 aromatic carbocycles. The van der Waals surface area contributed by atoms with Gasteiger partial charge >= 0.3 is 0 Å². The van der Waals surface area contributed by atoms with Gasteiger partial charge in [-0.3, -0.25) is 14.4 Å². The lowest BCUT2D eigenvalue weighted by molar-refractivity contribution is -0.132. The summed E-state index contributed by atoms with van der Waals surface area (Å²) in [6.07, 6.45) is 2.03. The predicted molar refractivity (Wildman–Crippen MR) is 110 cm³/mol. The quantitative estimate of drug-likeness (QED) is 0.736. The second-order valence-corrected chi connectivity index (χ2v) is 8.19. The van der Waals surface area contributed by atoms with Crippen LogP contribution in [0.2, 0.25) is 0 Å². The van der Waals surface area contributed by atoms with Crippen molar-refractivity contribution in [1.29, 1.82) is 0 Å². The number of aryl methyl sites for hydroxylation is 2. The zero-order chi connectivity index (χ0) is 20.1. The van der Waals surface area contributed by atoms with Gasteiger partial charge in [0.25, 0.3) is 0 Å². The third-order valence-electron chi connectivity index (χ3n) is 5.02. The predicted octanol–water partition coefficient (Wildman–Crippen LogP) is 2.61. The highest BCUT2D eigenvalue weighted by Crippen LogP contribution is 2.16. The summed E-state index contributed by atoms with van der Waals surface area (Å²) in [6.45, 7) is 10.2. The second kappa shape index (κ2) is 9.34.